The first-order valence-electron chi connectivity index (χ1n) is 12.7. The van der Waals surface area contributed by atoms with Gasteiger partial charge < -0.3 is 49.1 Å². The number of hydrogen-bond acceptors (Lipinski definition) is 16. The quantitative estimate of drug-likeness (QED) is 0.0503. The van der Waals surface area contributed by atoms with Gasteiger partial charge in [-0.1, -0.05) is 36.4 Å². The van der Waals surface area contributed by atoms with Crippen molar-refractivity contribution in [2.75, 3.05) is 52.6 Å². The number of hydrogen-bond donors (Lipinski definition) is 0. The van der Waals surface area contributed by atoms with Crippen LogP contribution in [0.25, 0.3) is 0 Å². The largest absolute Gasteiger partial charge is 1.00 e. The van der Waals surface area contributed by atoms with Crippen molar-refractivity contribution in [3.05, 3.63) is 79.9 Å². The van der Waals surface area contributed by atoms with E-state index in [1.807, 2.05) is 0 Å². The molecule has 2 aromatic rings. The van der Waals surface area contributed by atoms with E-state index in [0.717, 1.165) is 21.9 Å². The van der Waals surface area contributed by atoms with E-state index in [9.17, 15) is 59.8 Å². The maximum Gasteiger partial charge on any atom is 1.00 e. The number of ether oxygens (including phenoxy) is 2. The van der Waals surface area contributed by atoms with Gasteiger partial charge in [0.1, 0.15) is 0 Å². The first-order valence-corrected chi connectivity index (χ1v) is 12.7. The fourth-order valence-electron chi connectivity index (χ4n) is 4.38. The third kappa shape index (κ3) is 17.8. The minimum Gasteiger partial charge on any atom is -0.549 e. The molecule has 0 heterocycles. The third-order valence-corrected chi connectivity index (χ3v) is 6.12. The van der Waals surface area contributed by atoms with Gasteiger partial charge in [0.05, 0.1) is 72.2 Å². The molecule has 0 bridgehead atoms. The molecule has 0 N–H and O–H groups in total. The first-order chi connectivity index (χ1) is 20.8. The van der Waals surface area contributed by atoms with Crippen LogP contribution >= 0.6 is 0 Å². The standard InChI is InChI=1S/C26H30N4O14.4Na/c31-23(32)11-27(12-24(33)34)21(17-5-1-3-7-19(17)29(39)40)15-43-9-10-44-16-22(28(13-25(35)36)14-26(37)38)18-6-2-4-8-20(18)30(41)42;;;;/h1-8,21-22H,9-16H2,(H,31,32)(H,33,34)(H,35,36)(H,37,38);;;;/q;4*+1/p-4. The van der Waals surface area contributed by atoms with Crippen molar-refractivity contribution in [3.63, 3.8) is 0 Å². The van der Waals surface area contributed by atoms with E-state index in [-0.39, 0.29) is 143 Å². The Kier molecular flexibility index (Phi) is 28.6. The van der Waals surface area contributed by atoms with Crippen LogP contribution in [-0.2, 0) is 28.7 Å². The van der Waals surface area contributed by atoms with Crippen LogP contribution in [0.1, 0.15) is 23.2 Å². The summed E-state index contributed by atoms with van der Waals surface area (Å²) in [4.78, 5) is 68.6. The number of carboxylic acids is 4. The van der Waals surface area contributed by atoms with E-state index in [4.69, 9.17) is 9.47 Å². The van der Waals surface area contributed by atoms with Gasteiger partial charge in [-0.3, -0.25) is 30.0 Å². The molecule has 22 heteroatoms. The number of benzene rings is 2. The fraction of sp³-hybridized carbons (Fsp3) is 0.385. The van der Waals surface area contributed by atoms with Crippen molar-refractivity contribution < 1.29 is 177 Å². The Bertz CT molecular complexity index is 1240. The summed E-state index contributed by atoms with van der Waals surface area (Å²) in [5, 5.41) is 68.4. The average Bonchev–Trinajstić information content (AvgIpc) is 2.93. The molecule has 0 amide bonds. The molecule has 0 radical (unpaired) electrons. The Morgan fingerprint density at radius 3 is 1.08 bits per heavy atom. The molecule has 2 aromatic carbocycles. The molecule has 0 fully saturated rings. The summed E-state index contributed by atoms with van der Waals surface area (Å²) in [6.07, 6.45) is 0. The van der Waals surface area contributed by atoms with Crippen molar-refractivity contribution in [2.45, 2.75) is 12.1 Å². The summed E-state index contributed by atoms with van der Waals surface area (Å²) in [6, 6.07) is 7.86. The van der Waals surface area contributed by atoms with Crippen molar-refractivity contribution in [1.82, 2.24) is 9.80 Å². The Morgan fingerprint density at radius 2 is 0.833 bits per heavy atom. The molecule has 2 atom stereocenters. The molecule has 0 aliphatic heterocycles. The van der Waals surface area contributed by atoms with Gasteiger partial charge in [-0.25, -0.2) is 0 Å². The molecular weight excluding hydrogens is 684 g/mol. The van der Waals surface area contributed by atoms with Gasteiger partial charge >= 0.3 is 118 Å². The average molecular weight is 710 g/mol. The van der Waals surface area contributed by atoms with E-state index >= 15 is 0 Å². The van der Waals surface area contributed by atoms with Crippen LogP contribution in [0.5, 0.6) is 0 Å². The molecule has 48 heavy (non-hydrogen) atoms. The molecule has 2 rings (SSSR count). The summed E-state index contributed by atoms with van der Waals surface area (Å²) >= 11 is 0. The Hall–Kier alpha value is -1.04. The SMILES string of the molecule is O=C([O-])CN(CC(=O)[O-])C(COCCOCC(c1ccccc1[N+](=O)[O-])N(CC(=O)[O-])CC(=O)[O-])c1ccccc1[N+](=O)[O-].[Na+].[Na+].[Na+].[Na+]. The maximum atomic E-state index is 11.6. The van der Waals surface area contributed by atoms with E-state index in [1.165, 1.54) is 36.4 Å². The number of nitro groups is 2. The van der Waals surface area contributed by atoms with Gasteiger partial charge in [-0.2, -0.15) is 0 Å². The molecular formula is C26H26N4Na4O14. The van der Waals surface area contributed by atoms with Gasteiger partial charge in [-0.15, -0.1) is 0 Å². The van der Waals surface area contributed by atoms with Crippen molar-refractivity contribution >= 4 is 35.3 Å². The summed E-state index contributed by atoms with van der Waals surface area (Å²) in [6.45, 7) is -5.25. The Labute approximate surface area is 362 Å². The molecule has 238 valence electrons. The predicted octanol–water partition coefficient (Wildman–Crippen LogP) is -16.1. The smallest absolute Gasteiger partial charge is 0.549 e. The number of nitrogens with zero attached hydrogens (tertiary/aromatic N) is 4. The molecule has 2 unspecified atom stereocenters. The second-order valence-corrected chi connectivity index (χ2v) is 9.11. The number of carbonyl (C=O) groups excluding carboxylic acids is 4. The second kappa shape index (κ2) is 26.7. The second-order valence-electron chi connectivity index (χ2n) is 9.11. The van der Waals surface area contributed by atoms with E-state index in [0.29, 0.717) is 0 Å². The van der Waals surface area contributed by atoms with Gasteiger partial charge in [-0.05, 0) is 0 Å². The van der Waals surface area contributed by atoms with Crippen molar-refractivity contribution in [1.29, 1.82) is 0 Å². The van der Waals surface area contributed by atoms with Gasteiger partial charge in [0.2, 0.25) is 0 Å². The molecule has 0 spiro atoms. The van der Waals surface area contributed by atoms with Gasteiger partial charge in [0, 0.05) is 49.4 Å². The normalized spacial score (nSPS) is 11.5. The summed E-state index contributed by atoms with van der Waals surface area (Å²) in [7, 11) is 0. The van der Waals surface area contributed by atoms with E-state index < -0.39 is 96.6 Å². The molecule has 0 aliphatic rings. The van der Waals surface area contributed by atoms with Gasteiger partial charge in [0.25, 0.3) is 11.4 Å². The summed E-state index contributed by atoms with van der Waals surface area (Å²) in [5.74, 6) is -6.68. The molecule has 18 nitrogen and oxygen atoms in total. The minimum absolute atomic E-state index is 0. The number of carboxylic acid groups (broad SMARTS) is 4. The Balaban J connectivity index is -0.00000506. The number of carbonyl (C=O) groups is 4. The van der Waals surface area contributed by atoms with Crippen molar-refractivity contribution in [2.24, 2.45) is 0 Å². The zero-order valence-corrected chi connectivity index (χ0v) is 34.9. The van der Waals surface area contributed by atoms with Crippen LogP contribution in [0.15, 0.2) is 48.5 Å². The van der Waals surface area contributed by atoms with Gasteiger partial charge in [0.15, 0.2) is 0 Å². The van der Waals surface area contributed by atoms with E-state index in [1.54, 1.807) is 0 Å². The Morgan fingerprint density at radius 1 is 0.562 bits per heavy atom. The van der Waals surface area contributed by atoms with Crippen LogP contribution in [0, 0.1) is 20.2 Å². The van der Waals surface area contributed by atoms with Crippen LogP contribution < -0.4 is 139 Å². The van der Waals surface area contributed by atoms with Crippen LogP contribution in [0.2, 0.25) is 0 Å². The molecule has 0 saturated heterocycles. The monoisotopic (exact) mass is 710 g/mol. The fourth-order valence-corrected chi connectivity index (χ4v) is 4.38. The van der Waals surface area contributed by atoms with Crippen molar-refractivity contribution in [3.8, 4) is 0 Å². The summed E-state index contributed by atoms with van der Waals surface area (Å²) in [5.41, 5.74) is -0.991. The van der Waals surface area contributed by atoms with Crippen LogP contribution in [-0.4, -0.2) is 96.1 Å². The third-order valence-electron chi connectivity index (χ3n) is 6.12. The summed E-state index contributed by atoms with van der Waals surface area (Å²) < 4.78 is 11.0. The maximum absolute atomic E-state index is 11.6. The number of para-hydroxylation sites is 2. The molecule has 0 saturated carbocycles. The number of aliphatic carboxylic acids is 4. The topological polar surface area (TPSA) is 272 Å². The first kappa shape index (κ1) is 51.3. The minimum atomic E-state index is -1.67. The number of nitro benzene ring substituents is 2. The molecule has 0 aromatic heterocycles. The predicted molar refractivity (Wildman–Crippen MR) is 136 cm³/mol. The zero-order valence-electron chi connectivity index (χ0n) is 26.9. The van der Waals surface area contributed by atoms with Crippen LogP contribution in [0.3, 0.4) is 0 Å². The van der Waals surface area contributed by atoms with E-state index in [2.05, 4.69) is 0 Å². The number of rotatable bonds is 21. The molecule has 0 aliphatic carbocycles. The zero-order chi connectivity index (χ0) is 32.8. The van der Waals surface area contributed by atoms with Crippen LogP contribution in [0.4, 0.5) is 11.4 Å².